The molecule has 0 aromatic carbocycles. The molecule has 2 rings (SSSR count). The van der Waals surface area contributed by atoms with E-state index in [1.165, 1.54) is 17.8 Å². The first-order valence-corrected chi connectivity index (χ1v) is 6.57. The topological polar surface area (TPSA) is 37.0 Å². The largest absolute Gasteiger partial charge is 0.315 e. The number of aromatic nitrogens is 1. The molecule has 4 heteroatoms. The second kappa shape index (κ2) is 5.58. The average molecular weight is 225 g/mol. The number of nitrogens with zero attached hydrogens (tertiary/aromatic N) is 1. The second-order valence-corrected chi connectivity index (χ2v) is 5.13. The summed E-state index contributed by atoms with van der Waals surface area (Å²) < 4.78 is 0. The number of hydrogen-bond donors (Lipinski definition) is 2. The van der Waals surface area contributed by atoms with E-state index < -0.39 is 0 Å². The lowest BCUT2D eigenvalue weighted by Crippen LogP contribution is -2.30. The summed E-state index contributed by atoms with van der Waals surface area (Å²) in [5, 5.41) is 10.2. The summed E-state index contributed by atoms with van der Waals surface area (Å²) >= 11 is 1.74. The van der Waals surface area contributed by atoms with Crippen molar-refractivity contribution in [1.82, 2.24) is 15.6 Å². The van der Waals surface area contributed by atoms with Crippen LogP contribution in [0, 0.1) is 0 Å². The van der Waals surface area contributed by atoms with Gasteiger partial charge in [0.2, 0.25) is 0 Å². The number of hydrogen-bond acceptors (Lipinski definition) is 4. The van der Waals surface area contributed by atoms with Crippen LogP contribution in [0.5, 0.6) is 0 Å². The summed E-state index contributed by atoms with van der Waals surface area (Å²) in [5.74, 6) is 0.533. The molecule has 0 saturated heterocycles. The fraction of sp³-hybridized carbons (Fsp3) is 0.727. The Morgan fingerprint density at radius 1 is 1.53 bits per heavy atom. The van der Waals surface area contributed by atoms with Crippen molar-refractivity contribution < 1.29 is 0 Å². The third kappa shape index (κ3) is 3.89. The zero-order valence-corrected chi connectivity index (χ0v) is 10.0. The van der Waals surface area contributed by atoms with E-state index >= 15 is 0 Å². The molecule has 1 aromatic rings. The van der Waals surface area contributed by atoms with Crippen LogP contribution in [-0.4, -0.2) is 30.7 Å². The molecule has 1 fully saturated rings. The van der Waals surface area contributed by atoms with Crippen molar-refractivity contribution in [3.05, 3.63) is 16.6 Å². The van der Waals surface area contributed by atoms with Gasteiger partial charge in [0.25, 0.3) is 0 Å². The smallest absolute Gasteiger partial charge is 0.0965 e. The fourth-order valence-corrected chi connectivity index (χ4v) is 2.23. The van der Waals surface area contributed by atoms with E-state index in [4.69, 9.17) is 0 Å². The van der Waals surface area contributed by atoms with Gasteiger partial charge in [-0.25, -0.2) is 4.98 Å². The van der Waals surface area contributed by atoms with Crippen molar-refractivity contribution in [3.63, 3.8) is 0 Å². The van der Waals surface area contributed by atoms with Gasteiger partial charge in [-0.05, 0) is 12.8 Å². The third-order valence-electron chi connectivity index (χ3n) is 2.64. The fourth-order valence-electron chi connectivity index (χ4n) is 1.54. The van der Waals surface area contributed by atoms with Crippen LogP contribution in [0.1, 0.15) is 30.7 Å². The lowest BCUT2D eigenvalue weighted by atomic mass is 10.2. The summed E-state index contributed by atoms with van der Waals surface area (Å²) in [5.41, 5.74) is 0. The summed E-state index contributed by atoms with van der Waals surface area (Å²) in [6.07, 6.45) is 4.62. The van der Waals surface area contributed by atoms with E-state index in [0.717, 1.165) is 25.7 Å². The maximum absolute atomic E-state index is 4.32. The van der Waals surface area contributed by atoms with E-state index in [-0.39, 0.29) is 0 Å². The number of thiazole rings is 1. The van der Waals surface area contributed by atoms with Crippen molar-refractivity contribution in [3.8, 4) is 0 Å². The predicted molar refractivity (Wildman–Crippen MR) is 64.4 cm³/mol. The lowest BCUT2D eigenvalue weighted by molar-refractivity contribution is 0.575. The molecular weight excluding hydrogens is 206 g/mol. The van der Waals surface area contributed by atoms with Gasteiger partial charge in [0.1, 0.15) is 0 Å². The first-order chi connectivity index (χ1) is 7.36. The molecular formula is C11H19N3S. The van der Waals surface area contributed by atoms with E-state index in [1.807, 2.05) is 11.6 Å². The van der Waals surface area contributed by atoms with Crippen molar-refractivity contribution >= 4 is 11.3 Å². The minimum absolute atomic E-state index is 0.533. The van der Waals surface area contributed by atoms with Gasteiger partial charge < -0.3 is 10.6 Å². The van der Waals surface area contributed by atoms with Crippen molar-refractivity contribution in [2.75, 3.05) is 19.6 Å². The summed E-state index contributed by atoms with van der Waals surface area (Å²) in [7, 11) is 0. The first-order valence-electron chi connectivity index (χ1n) is 5.70. The minimum atomic E-state index is 0.533. The van der Waals surface area contributed by atoms with Crippen LogP contribution in [0.25, 0.3) is 0 Å². The average Bonchev–Trinajstić information content (AvgIpc) is 2.90. The molecule has 0 spiro atoms. The predicted octanol–water partition coefficient (Wildman–Crippen LogP) is 1.59. The van der Waals surface area contributed by atoms with Gasteiger partial charge in [-0.15, -0.1) is 11.3 Å². The minimum Gasteiger partial charge on any atom is -0.315 e. The summed E-state index contributed by atoms with van der Waals surface area (Å²) in [6, 6.07) is 0.822. The van der Waals surface area contributed by atoms with Gasteiger partial charge in [0.05, 0.1) is 5.01 Å². The van der Waals surface area contributed by atoms with Gasteiger partial charge in [0, 0.05) is 43.2 Å². The van der Waals surface area contributed by atoms with E-state index in [1.54, 1.807) is 11.3 Å². The highest BCUT2D eigenvalue weighted by molar-refractivity contribution is 7.09. The number of nitrogens with one attached hydrogen (secondary N) is 2. The van der Waals surface area contributed by atoms with Crippen molar-refractivity contribution in [2.24, 2.45) is 0 Å². The zero-order chi connectivity index (χ0) is 10.5. The highest BCUT2D eigenvalue weighted by atomic mass is 32.1. The zero-order valence-electron chi connectivity index (χ0n) is 9.20. The van der Waals surface area contributed by atoms with Crippen LogP contribution < -0.4 is 10.6 Å². The molecule has 0 aliphatic heterocycles. The van der Waals surface area contributed by atoms with Crippen LogP contribution in [0.2, 0.25) is 0 Å². The Kier molecular flexibility index (Phi) is 4.11. The first kappa shape index (κ1) is 11.0. The van der Waals surface area contributed by atoms with Crippen LogP contribution in [0.4, 0.5) is 0 Å². The molecule has 15 heavy (non-hydrogen) atoms. The molecule has 1 aromatic heterocycles. The van der Waals surface area contributed by atoms with Crippen LogP contribution in [0.3, 0.4) is 0 Å². The van der Waals surface area contributed by atoms with Crippen LogP contribution >= 0.6 is 11.3 Å². The molecule has 0 radical (unpaired) electrons. The van der Waals surface area contributed by atoms with Gasteiger partial charge in [-0.1, -0.05) is 6.92 Å². The molecule has 2 N–H and O–H groups in total. The van der Waals surface area contributed by atoms with Gasteiger partial charge >= 0.3 is 0 Å². The standard InChI is InChI=1S/C11H19N3S/c1-9(11-14-6-7-15-11)8-12-4-5-13-10-2-3-10/h6-7,9-10,12-13H,2-5,8H2,1H3. The second-order valence-electron chi connectivity index (χ2n) is 4.20. The van der Waals surface area contributed by atoms with Gasteiger partial charge in [-0.3, -0.25) is 0 Å². The van der Waals surface area contributed by atoms with Crippen molar-refractivity contribution in [2.45, 2.75) is 31.7 Å². The Labute approximate surface area is 95.3 Å². The molecule has 1 atom stereocenters. The van der Waals surface area contributed by atoms with E-state index in [9.17, 15) is 0 Å². The molecule has 1 saturated carbocycles. The Hall–Kier alpha value is -0.450. The van der Waals surface area contributed by atoms with Crippen LogP contribution in [-0.2, 0) is 0 Å². The normalized spacial score (nSPS) is 17.9. The van der Waals surface area contributed by atoms with E-state index in [0.29, 0.717) is 5.92 Å². The molecule has 1 aliphatic rings. The lowest BCUT2D eigenvalue weighted by Gasteiger charge is -2.10. The molecule has 0 amide bonds. The molecule has 1 unspecified atom stereocenters. The van der Waals surface area contributed by atoms with Crippen LogP contribution in [0.15, 0.2) is 11.6 Å². The van der Waals surface area contributed by atoms with Gasteiger partial charge in [0.15, 0.2) is 0 Å². The molecule has 1 aliphatic carbocycles. The Balaban J connectivity index is 1.53. The SMILES string of the molecule is CC(CNCCNC1CC1)c1nccs1. The Morgan fingerprint density at radius 2 is 2.40 bits per heavy atom. The highest BCUT2D eigenvalue weighted by Crippen LogP contribution is 2.18. The summed E-state index contributed by atoms with van der Waals surface area (Å²) in [4.78, 5) is 4.32. The summed E-state index contributed by atoms with van der Waals surface area (Å²) in [6.45, 7) is 5.40. The van der Waals surface area contributed by atoms with Gasteiger partial charge in [-0.2, -0.15) is 0 Å². The molecule has 1 heterocycles. The maximum Gasteiger partial charge on any atom is 0.0965 e. The molecule has 3 nitrogen and oxygen atoms in total. The molecule has 0 bridgehead atoms. The number of rotatable bonds is 7. The maximum atomic E-state index is 4.32. The van der Waals surface area contributed by atoms with E-state index in [2.05, 4.69) is 22.5 Å². The molecule has 84 valence electrons. The Morgan fingerprint density at radius 3 is 3.07 bits per heavy atom. The van der Waals surface area contributed by atoms with Crippen molar-refractivity contribution in [1.29, 1.82) is 0 Å². The highest BCUT2D eigenvalue weighted by Gasteiger charge is 2.19. The quantitative estimate of drug-likeness (QED) is 0.692. The third-order valence-corrected chi connectivity index (χ3v) is 3.64. The Bertz CT molecular complexity index is 269. The monoisotopic (exact) mass is 225 g/mol.